The van der Waals surface area contributed by atoms with Gasteiger partial charge in [-0.15, -0.1) is 11.3 Å². The fourth-order valence-electron chi connectivity index (χ4n) is 2.08. The van der Waals surface area contributed by atoms with Gasteiger partial charge in [0.25, 0.3) is 0 Å². The molecule has 0 spiro atoms. The first-order chi connectivity index (χ1) is 9.71. The van der Waals surface area contributed by atoms with Crippen LogP contribution in [0.1, 0.15) is 39.5 Å². The van der Waals surface area contributed by atoms with Gasteiger partial charge in [-0.25, -0.2) is 9.59 Å². The molecule has 0 unspecified atom stereocenters. The second-order valence-corrected chi connectivity index (χ2v) is 6.72. The van der Waals surface area contributed by atoms with Gasteiger partial charge in [0.15, 0.2) is 0 Å². The van der Waals surface area contributed by atoms with Crippen LogP contribution in [-0.2, 0) is 11.3 Å². The lowest BCUT2D eigenvalue weighted by Crippen LogP contribution is -2.57. The molecule has 0 aliphatic carbocycles. The SMILES string of the molecule is CCN(C(=O)N(Cc1cccs1)C(C)C)C(C)(C)C(=O)O. The zero-order chi connectivity index (χ0) is 16.2. The number of hydrogen-bond donors (Lipinski definition) is 1. The van der Waals surface area contributed by atoms with Crippen LogP contribution in [0, 0.1) is 0 Å². The Morgan fingerprint density at radius 3 is 2.38 bits per heavy atom. The molecule has 21 heavy (non-hydrogen) atoms. The van der Waals surface area contributed by atoms with Gasteiger partial charge in [-0.2, -0.15) is 0 Å². The van der Waals surface area contributed by atoms with E-state index < -0.39 is 11.5 Å². The third-order valence-electron chi connectivity index (χ3n) is 3.52. The number of amides is 2. The molecule has 118 valence electrons. The molecule has 1 heterocycles. The lowest BCUT2D eigenvalue weighted by atomic mass is 10.0. The van der Waals surface area contributed by atoms with E-state index in [0.717, 1.165) is 4.88 Å². The molecular weight excluding hydrogens is 288 g/mol. The molecule has 1 aromatic heterocycles. The van der Waals surface area contributed by atoms with Crippen molar-refractivity contribution in [2.75, 3.05) is 6.54 Å². The standard InChI is InChI=1S/C15H24N2O3S/c1-6-17(15(4,5)13(18)19)14(20)16(11(2)3)10-12-8-7-9-21-12/h7-9,11H,6,10H2,1-5H3,(H,18,19). The molecule has 6 heteroatoms. The van der Waals surface area contributed by atoms with Crippen LogP contribution in [0.4, 0.5) is 4.79 Å². The molecule has 1 rings (SSSR count). The summed E-state index contributed by atoms with van der Waals surface area (Å²) in [5.41, 5.74) is -1.23. The molecule has 0 fully saturated rings. The van der Waals surface area contributed by atoms with Crippen LogP contribution in [0.25, 0.3) is 0 Å². The number of aliphatic carboxylic acids is 1. The molecule has 5 nitrogen and oxygen atoms in total. The van der Waals surface area contributed by atoms with Gasteiger partial charge in [-0.3, -0.25) is 0 Å². The summed E-state index contributed by atoms with van der Waals surface area (Å²) in [4.78, 5) is 28.4. The number of rotatable bonds is 6. The summed E-state index contributed by atoms with van der Waals surface area (Å²) in [6.07, 6.45) is 0. The van der Waals surface area contributed by atoms with Crippen LogP contribution in [-0.4, -0.2) is 45.0 Å². The predicted octanol–water partition coefficient (Wildman–Crippen LogP) is 3.26. The number of likely N-dealkylation sites (N-methyl/N-ethyl adjacent to an activating group) is 1. The Hall–Kier alpha value is -1.56. The number of carboxylic acid groups (broad SMARTS) is 1. The number of thiophene rings is 1. The van der Waals surface area contributed by atoms with Crippen molar-refractivity contribution in [1.82, 2.24) is 9.80 Å². The maximum atomic E-state index is 12.8. The molecule has 1 N–H and O–H groups in total. The first-order valence-corrected chi connectivity index (χ1v) is 7.93. The summed E-state index contributed by atoms with van der Waals surface area (Å²) in [6, 6.07) is 3.68. The fraction of sp³-hybridized carbons (Fsp3) is 0.600. The van der Waals surface area contributed by atoms with Crippen molar-refractivity contribution in [1.29, 1.82) is 0 Å². The second-order valence-electron chi connectivity index (χ2n) is 5.69. The molecule has 0 bridgehead atoms. The molecule has 1 aromatic rings. The highest BCUT2D eigenvalue weighted by atomic mass is 32.1. The highest BCUT2D eigenvalue weighted by Crippen LogP contribution is 2.21. The largest absolute Gasteiger partial charge is 0.480 e. The highest BCUT2D eigenvalue weighted by Gasteiger charge is 2.39. The molecule has 0 aromatic carbocycles. The van der Waals surface area contributed by atoms with Gasteiger partial charge in [0, 0.05) is 17.5 Å². The fourth-order valence-corrected chi connectivity index (χ4v) is 2.78. The second kappa shape index (κ2) is 6.93. The molecule has 0 aliphatic heterocycles. The number of nitrogens with zero attached hydrogens (tertiary/aromatic N) is 2. The van der Waals surface area contributed by atoms with E-state index in [0.29, 0.717) is 13.1 Å². The molecule has 2 amide bonds. The summed E-state index contributed by atoms with van der Waals surface area (Å²) in [7, 11) is 0. The van der Waals surface area contributed by atoms with E-state index in [1.54, 1.807) is 37.0 Å². The molecule has 0 atom stereocenters. The number of carbonyl (C=O) groups is 2. The highest BCUT2D eigenvalue weighted by molar-refractivity contribution is 7.09. The summed E-state index contributed by atoms with van der Waals surface area (Å²) >= 11 is 1.59. The number of hydrogen-bond acceptors (Lipinski definition) is 3. The van der Waals surface area contributed by atoms with Crippen LogP contribution in [0.2, 0.25) is 0 Å². The lowest BCUT2D eigenvalue weighted by molar-refractivity contribution is -0.147. The summed E-state index contributed by atoms with van der Waals surface area (Å²) in [5.74, 6) is -1.00. The summed E-state index contributed by atoms with van der Waals surface area (Å²) < 4.78 is 0. The maximum absolute atomic E-state index is 12.8. The number of carbonyl (C=O) groups excluding carboxylic acids is 1. The topological polar surface area (TPSA) is 60.9 Å². The van der Waals surface area contributed by atoms with Crippen LogP contribution in [0.15, 0.2) is 17.5 Å². The van der Waals surface area contributed by atoms with Crippen molar-refractivity contribution in [3.8, 4) is 0 Å². The van der Waals surface area contributed by atoms with Gasteiger partial charge in [0.2, 0.25) is 0 Å². The molecule has 0 saturated heterocycles. The minimum Gasteiger partial charge on any atom is -0.480 e. The van der Waals surface area contributed by atoms with Crippen LogP contribution in [0.5, 0.6) is 0 Å². The van der Waals surface area contributed by atoms with E-state index in [4.69, 9.17) is 0 Å². The minimum absolute atomic E-state index is 0.00163. The van der Waals surface area contributed by atoms with E-state index in [1.165, 1.54) is 4.90 Å². The Bertz CT molecular complexity index is 483. The zero-order valence-corrected chi connectivity index (χ0v) is 14.1. The van der Waals surface area contributed by atoms with Gasteiger partial charge < -0.3 is 14.9 Å². The van der Waals surface area contributed by atoms with Crippen molar-refractivity contribution in [3.05, 3.63) is 22.4 Å². The molecule has 0 saturated carbocycles. The normalized spacial score (nSPS) is 11.5. The van der Waals surface area contributed by atoms with Gasteiger partial charge in [-0.1, -0.05) is 6.07 Å². The Morgan fingerprint density at radius 2 is 2.00 bits per heavy atom. The van der Waals surface area contributed by atoms with Crippen LogP contribution in [0.3, 0.4) is 0 Å². The van der Waals surface area contributed by atoms with Crippen molar-refractivity contribution < 1.29 is 14.7 Å². The zero-order valence-electron chi connectivity index (χ0n) is 13.3. The van der Waals surface area contributed by atoms with E-state index in [-0.39, 0.29) is 12.1 Å². The Labute approximate surface area is 130 Å². The van der Waals surface area contributed by atoms with Crippen molar-refractivity contribution in [2.24, 2.45) is 0 Å². The smallest absolute Gasteiger partial charge is 0.329 e. The van der Waals surface area contributed by atoms with E-state index in [9.17, 15) is 14.7 Å². The predicted molar refractivity (Wildman–Crippen MR) is 84.5 cm³/mol. The van der Waals surface area contributed by atoms with E-state index >= 15 is 0 Å². The number of carboxylic acids is 1. The van der Waals surface area contributed by atoms with Crippen molar-refractivity contribution in [3.63, 3.8) is 0 Å². The van der Waals surface area contributed by atoms with Gasteiger partial charge in [-0.05, 0) is 46.1 Å². The first-order valence-electron chi connectivity index (χ1n) is 7.05. The summed E-state index contributed by atoms with van der Waals surface area (Å²) in [5, 5.41) is 11.3. The third kappa shape index (κ3) is 3.97. The Morgan fingerprint density at radius 1 is 1.38 bits per heavy atom. The average Bonchev–Trinajstić information content (AvgIpc) is 2.88. The maximum Gasteiger partial charge on any atom is 0.329 e. The van der Waals surface area contributed by atoms with Crippen molar-refractivity contribution >= 4 is 23.3 Å². The monoisotopic (exact) mass is 312 g/mol. The minimum atomic E-state index is -1.23. The van der Waals surface area contributed by atoms with Crippen molar-refractivity contribution in [2.45, 2.75) is 52.7 Å². The van der Waals surface area contributed by atoms with Crippen LogP contribution < -0.4 is 0 Å². The Kier molecular flexibility index (Phi) is 5.78. The molecule has 0 radical (unpaired) electrons. The van der Waals surface area contributed by atoms with Gasteiger partial charge in [0.05, 0.1) is 6.54 Å². The number of urea groups is 1. The molecule has 0 aliphatic rings. The first kappa shape index (κ1) is 17.5. The Balaban J connectivity index is 3.01. The summed E-state index contributed by atoms with van der Waals surface area (Å²) in [6.45, 7) is 9.64. The van der Waals surface area contributed by atoms with Gasteiger partial charge >= 0.3 is 12.0 Å². The quantitative estimate of drug-likeness (QED) is 0.877. The molecular formula is C15H24N2O3S. The lowest BCUT2D eigenvalue weighted by Gasteiger charge is -2.39. The van der Waals surface area contributed by atoms with E-state index in [2.05, 4.69) is 0 Å². The van der Waals surface area contributed by atoms with Crippen LogP contribution >= 0.6 is 11.3 Å². The van der Waals surface area contributed by atoms with Gasteiger partial charge in [0.1, 0.15) is 5.54 Å². The third-order valence-corrected chi connectivity index (χ3v) is 4.38. The average molecular weight is 312 g/mol. The van der Waals surface area contributed by atoms with E-state index in [1.807, 2.05) is 31.4 Å².